The first-order valence-electron chi connectivity index (χ1n) is 6.47. The fourth-order valence-corrected chi connectivity index (χ4v) is 4.77. The number of hydrogen-bond acceptors (Lipinski definition) is 6. The Hall–Kier alpha value is -1.63. The summed E-state index contributed by atoms with van der Waals surface area (Å²) in [6.45, 7) is 4.22. The van der Waals surface area contributed by atoms with Gasteiger partial charge in [0.05, 0.1) is 4.88 Å². The van der Waals surface area contributed by atoms with Gasteiger partial charge in [0.2, 0.25) is 0 Å². The lowest BCUT2D eigenvalue weighted by Crippen LogP contribution is -1.85. The van der Waals surface area contributed by atoms with E-state index in [9.17, 15) is 0 Å². The predicted octanol–water partition coefficient (Wildman–Crippen LogP) is 5.16. The molecule has 0 N–H and O–H groups in total. The fourth-order valence-electron chi connectivity index (χ4n) is 2.27. The molecule has 0 unspecified atom stereocenters. The summed E-state index contributed by atoms with van der Waals surface area (Å²) in [6, 6.07) is 8.50. The third-order valence-electron chi connectivity index (χ3n) is 3.26. The highest BCUT2D eigenvalue weighted by molar-refractivity contribution is 7.17. The molecule has 0 fully saturated rings. The first-order chi connectivity index (χ1) is 10.2. The predicted molar refractivity (Wildman–Crippen MR) is 91.3 cm³/mol. The minimum atomic E-state index is 0.956. The molecule has 6 heteroatoms. The summed E-state index contributed by atoms with van der Waals surface area (Å²) >= 11 is 4.94. The monoisotopic (exact) mass is 329 g/mol. The van der Waals surface area contributed by atoms with Gasteiger partial charge < -0.3 is 0 Å². The molecular weight excluding hydrogens is 318 g/mol. The van der Waals surface area contributed by atoms with Gasteiger partial charge in [0, 0.05) is 26.4 Å². The molecule has 0 saturated carbocycles. The summed E-state index contributed by atoms with van der Waals surface area (Å²) in [5, 5.41) is 4.34. The van der Waals surface area contributed by atoms with Gasteiger partial charge in [-0.2, -0.15) is 0 Å². The van der Waals surface area contributed by atoms with Crippen molar-refractivity contribution in [2.75, 3.05) is 0 Å². The number of hydrogen-bond donors (Lipinski definition) is 0. The molecule has 0 aliphatic carbocycles. The van der Waals surface area contributed by atoms with Gasteiger partial charge in [-0.05, 0) is 49.6 Å². The molecule has 0 amide bonds. The summed E-state index contributed by atoms with van der Waals surface area (Å²) in [4.78, 5) is 9.65. The van der Waals surface area contributed by atoms with Crippen molar-refractivity contribution in [1.82, 2.24) is 14.6 Å². The number of aryl methyl sites for hydroxylation is 2. The van der Waals surface area contributed by atoms with E-state index in [0.29, 0.717) is 0 Å². The van der Waals surface area contributed by atoms with Crippen molar-refractivity contribution >= 4 is 44.4 Å². The lowest BCUT2D eigenvalue weighted by atomic mass is 10.2. The number of pyridine rings is 1. The molecule has 4 aromatic heterocycles. The van der Waals surface area contributed by atoms with Crippen LogP contribution in [0.4, 0.5) is 0 Å². The molecule has 0 bridgehead atoms. The van der Waals surface area contributed by atoms with Gasteiger partial charge in [-0.25, -0.2) is 0 Å². The van der Waals surface area contributed by atoms with E-state index < -0.39 is 0 Å². The van der Waals surface area contributed by atoms with Crippen LogP contribution in [0.1, 0.15) is 9.75 Å². The van der Waals surface area contributed by atoms with E-state index in [-0.39, 0.29) is 0 Å². The minimum absolute atomic E-state index is 0.956. The van der Waals surface area contributed by atoms with Crippen LogP contribution in [0.5, 0.6) is 0 Å². The molecule has 0 aliphatic rings. The zero-order chi connectivity index (χ0) is 14.4. The Labute approximate surface area is 134 Å². The SMILES string of the molecule is Cc1ccc(-c2cnc(-c3ccc(C)s3)c3snnc23)s1. The van der Waals surface area contributed by atoms with E-state index in [1.165, 1.54) is 31.0 Å². The molecule has 0 aliphatic heterocycles. The summed E-state index contributed by atoms with van der Waals surface area (Å²) in [5.74, 6) is 0. The molecule has 4 rings (SSSR count). The molecule has 0 spiro atoms. The summed E-state index contributed by atoms with van der Waals surface area (Å²) in [7, 11) is 0. The van der Waals surface area contributed by atoms with Crippen LogP contribution in [0.15, 0.2) is 30.5 Å². The van der Waals surface area contributed by atoms with Crippen LogP contribution in [0.25, 0.3) is 31.2 Å². The third kappa shape index (κ3) is 2.19. The van der Waals surface area contributed by atoms with E-state index in [0.717, 1.165) is 21.5 Å². The smallest absolute Gasteiger partial charge is 0.118 e. The number of nitrogens with zero attached hydrogens (tertiary/aromatic N) is 3. The first-order valence-corrected chi connectivity index (χ1v) is 8.88. The standard InChI is InChI=1S/C15H11N3S3/c1-8-3-5-11(19-8)10-7-16-14(12-6-4-9(2)20-12)15-13(10)17-18-21-15/h3-7H,1-2H3. The zero-order valence-electron chi connectivity index (χ0n) is 11.5. The topological polar surface area (TPSA) is 38.7 Å². The lowest BCUT2D eigenvalue weighted by molar-refractivity contribution is 1.20. The van der Waals surface area contributed by atoms with E-state index in [4.69, 9.17) is 4.98 Å². The van der Waals surface area contributed by atoms with Crippen molar-refractivity contribution < 1.29 is 0 Å². The van der Waals surface area contributed by atoms with Crippen molar-refractivity contribution in [2.24, 2.45) is 0 Å². The van der Waals surface area contributed by atoms with E-state index in [1.54, 1.807) is 22.7 Å². The van der Waals surface area contributed by atoms with Gasteiger partial charge >= 0.3 is 0 Å². The number of thiophene rings is 2. The van der Waals surface area contributed by atoms with E-state index in [1.807, 2.05) is 6.20 Å². The Bertz CT molecular complexity index is 858. The Balaban J connectivity index is 1.96. The largest absolute Gasteiger partial charge is 0.253 e. The molecule has 0 saturated heterocycles. The summed E-state index contributed by atoms with van der Waals surface area (Å²) in [6.07, 6.45) is 1.93. The van der Waals surface area contributed by atoms with Crippen LogP contribution in [-0.4, -0.2) is 14.6 Å². The number of fused-ring (bicyclic) bond motifs is 1. The van der Waals surface area contributed by atoms with Crippen molar-refractivity contribution in [1.29, 1.82) is 0 Å². The average Bonchev–Trinajstić information content (AvgIpc) is 3.18. The van der Waals surface area contributed by atoms with Crippen LogP contribution in [0, 0.1) is 13.8 Å². The second-order valence-corrected chi connectivity index (χ2v) is 8.12. The van der Waals surface area contributed by atoms with Gasteiger partial charge in [-0.3, -0.25) is 4.98 Å². The van der Waals surface area contributed by atoms with Crippen LogP contribution >= 0.6 is 34.2 Å². The Morgan fingerprint density at radius 3 is 2.29 bits per heavy atom. The minimum Gasteiger partial charge on any atom is -0.253 e. The summed E-state index contributed by atoms with van der Waals surface area (Å²) < 4.78 is 5.22. The quantitative estimate of drug-likeness (QED) is 0.510. The van der Waals surface area contributed by atoms with Gasteiger partial charge in [-0.15, -0.1) is 27.8 Å². The van der Waals surface area contributed by atoms with E-state index in [2.05, 4.69) is 47.7 Å². The molecule has 0 atom stereocenters. The molecule has 21 heavy (non-hydrogen) atoms. The molecule has 0 radical (unpaired) electrons. The lowest BCUT2D eigenvalue weighted by Gasteiger charge is -2.02. The maximum absolute atomic E-state index is 4.70. The third-order valence-corrected chi connectivity index (χ3v) is 6.03. The van der Waals surface area contributed by atoms with Crippen LogP contribution in [0.2, 0.25) is 0 Å². The Kier molecular flexibility index (Phi) is 3.10. The van der Waals surface area contributed by atoms with Gasteiger partial charge in [0.1, 0.15) is 15.9 Å². The van der Waals surface area contributed by atoms with E-state index >= 15 is 0 Å². The average molecular weight is 329 g/mol. The molecular formula is C15H11N3S3. The van der Waals surface area contributed by atoms with Gasteiger partial charge in [-0.1, -0.05) is 4.49 Å². The Morgan fingerprint density at radius 1 is 0.905 bits per heavy atom. The fraction of sp³-hybridized carbons (Fsp3) is 0.133. The normalized spacial score (nSPS) is 11.3. The number of aromatic nitrogens is 3. The maximum atomic E-state index is 4.70. The first kappa shape index (κ1) is 13.1. The maximum Gasteiger partial charge on any atom is 0.118 e. The van der Waals surface area contributed by atoms with Crippen LogP contribution in [-0.2, 0) is 0 Å². The molecule has 0 aromatic carbocycles. The highest BCUT2D eigenvalue weighted by atomic mass is 32.1. The number of rotatable bonds is 2. The van der Waals surface area contributed by atoms with Crippen LogP contribution < -0.4 is 0 Å². The molecule has 4 aromatic rings. The highest BCUT2D eigenvalue weighted by Gasteiger charge is 2.16. The van der Waals surface area contributed by atoms with Crippen molar-refractivity contribution in [3.8, 4) is 21.0 Å². The Morgan fingerprint density at radius 2 is 1.62 bits per heavy atom. The summed E-state index contributed by atoms with van der Waals surface area (Å²) in [5.41, 5.74) is 3.03. The second kappa shape index (κ2) is 4.98. The molecule has 104 valence electrons. The second-order valence-electron chi connectivity index (χ2n) is 4.79. The molecule has 4 heterocycles. The van der Waals surface area contributed by atoms with Gasteiger partial charge in [0.15, 0.2) is 0 Å². The highest BCUT2D eigenvalue weighted by Crippen LogP contribution is 2.38. The van der Waals surface area contributed by atoms with Crippen LogP contribution in [0.3, 0.4) is 0 Å². The van der Waals surface area contributed by atoms with Crippen molar-refractivity contribution in [3.63, 3.8) is 0 Å². The van der Waals surface area contributed by atoms with Crippen molar-refractivity contribution in [3.05, 3.63) is 40.2 Å². The zero-order valence-corrected chi connectivity index (χ0v) is 13.9. The molecule has 3 nitrogen and oxygen atoms in total. The van der Waals surface area contributed by atoms with Crippen molar-refractivity contribution in [2.45, 2.75) is 13.8 Å². The van der Waals surface area contributed by atoms with Gasteiger partial charge in [0.25, 0.3) is 0 Å².